The maximum Gasteiger partial charge on any atom is 0.240 e. The van der Waals surface area contributed by atoms with Crippen molar-refractivity contribution in [3.8, 4) is 0 Å². The second-order valence-corrected chi connectivity index (χ2v) is 4.78. The summed E-state index contributed by atoms with van der Waals surface area (Å²) >= 11 is 1.54. The summed E-state index contributed by atoms with van der Waals surface area (Å²) in [5, 5.41) is 6.01. The molecule has 1 rings (SSSR count). The summed E-state index contributed by atoms with van der Waals surface area (Å²) in [6.07, 6.45) is 1.77. The molecule has 1 amide bonds. The van der Waals surface area contributed by atoms with Gasteiger partial charge in [-0.25, -0.2) is 0 Å². The van der Waals surface area contributed by atoms with E-state index in [1.165, 1.54) is 0 Å². The molecule has 0 saturated carbocycles. The number of carbonyl (C=O) groups excluding carboxylic acids is 1. The lowest BCUT2D eigenvalue weighted by molar-refractivity contribution is -0.126. The van der Waals surface area contributed by atoms with Crippen molar-refractivity contribution in [2.75, 3.05) is 6.54 Å². The van der Waals surface area contributed by atoms with Crippen molar-refractivity contribution in [3.63, 3.8) is 0 Å². The standard InChI is InChI=1S/C10H17N3OS/c1-4-13-10(2,3)9(14)12-6-8-5-11-7-15-8/h5,7,13H,4,6H2,1-3H3,(H,12,14). The molecule has 0 bridgehead atoms. The third-order valence-corrected chi connectivity index (χ3v) is 2.87. The van der Waals surface area contributed by atoms with Gasteiger partial charge in [0.05, 0.1) is 17.6 Å². The molecule has 0 aliphatic heterocycles. The van der Waals surface area contributed by atoms with Crippen LogP contribution in [0.1, 0.15) is 25.6 Å². The van der Waals surface area contributed by atoms with E-state index in [-0.39, 0.29) is 5.91 Å². The Hall–Kier alpha value is -0.940. The number of amides is 1. The molecule has 0 fully saturated rings. The highest BCUT2D eigenvalue weighted by molar-refractivity contribution is 7.09. The molecule has 2 N–H and O–H groups in total. The van der Waals surface area contributed by atoms with Crippen LogP contribution in [0.3, 0.4) is 0 Å². The predicted octanol–water partition coefficient (Wildman–Crippen LogP) is 1.15. The molecule has 0 unspecified atom stereocenters. The van der Waals surface area contributed by atoms with Crippen molar-refractivity contribution in [1.82, 2.24) is 15.6 Å². The highest BCUT2D eigenvalue weighted by atomic mass is 32.1. The first-order valence-electron chi connectivity index (χ1n) is 4.97. The topological polar surface area (TPSA) is 54.0 Å². The lowest BCUT2D eigenvalue weighted by atomic mass is 10.0. The van der Waals surface area contributed by atoms with E-state index in [0.717, 1.165) is 11.4 Å². The Bertz CT molecular complexity index is 308. The first-order chi connectivity index (χ1) is 7.06. The van der Waals surface area contributed by atoms with Crippen molar-refractivity contribution in [2.24, 2.45) is 0 Å². The number of nitrogens with one attached hydrogen (secondary N) is 2. The Morgan fingerprint density at radius 1 is 1.60 bits per heavy atom. The largest absolute Gasteiger partial charge is 0.350 e. The number of hydrogen-bond donors (Lipinski definition) is 2. The van der Waals surface area contributed by atoms with Crippen LogP contribution < -0.4 is 10.6 Å². The molecule has 0 radical (unpaired) electrons. The molecule has 0 aliphatic carbocycles. The van der Waals surface area contributed by atoms with E-state index in [1.807, 2.05) is 20.8 Å². The molecule has 15 heavy (non-hydrogen) atoms. The fourth-order valence-corrected chi connectivity index (χ4v) is 1.77. The number of hydrogen-bond acceptors (Lipinski definition) is 4. The van der Waals surface area contributed by atoms with Crippen LogP contribution in [-0.2, 0) is 11.3 Å². The molecule has 0 saturated heterocycles. The molecule has 0 spiro atoms. The Morgan fingerprint density at radius 2 is 2.33 bits per heavy atom. The first-order valence-corrected chi connectivity index (χ1v) is 5.85. The van der Waals surface area contributed by atoms with E-state index in [1.54, 1.807) is 23.0 Å². The SMILES string of the molecule is CCNC(C)(C)C(=O)NCc1cncs1. The van der Waals surface area contributed by atoms with Gasteiger partial charge in [-0.3, -0.25) is 9.78 Å². The van der Waals surface area contributed by atoms with Gasteiger partial charge in [0.2, 0.25) is 5.91 Å². The molecule has 1 heterocycles. The van der Waals surface area contributed by atoms with E-state index in [4.69, 9.17) is 0 Å². The highest BCUT2D eigenvalue weighted by Gasteiger charge is 2.25. The molecule has 0 aliphatic rings. The highest BCUT2D eigenvalue weighted by Crippen LogP contribution is 2.06. The second kappa shape index (κ2) is 5.23. The maximum absolute atomic E-state index is 11.8. The molecule has 4 nitrogen and oxygen atoms in total. The van der Waals surface area contributed by atoms with Crippen molar-refractivity contribution in [1.29, 1.82) is 0 Å². The molecule has 1 aromatic rings. The lowest BCUT2D eigenvalue weighted by Crippen LogP contribution is -2.52. The number of likely N-dealkylation sites (N-methyl/N-ethyl adjacent to an activating group) is 1. The summed E-state index contributed by atoms with van der Waals surface area (Å²) in [6, 6.07) is 0. The Labute approximate surface area is 94.1 Å². The van der Waals surface area contributed by atoms with Crippen LogP contribution in [0.25, 0.3) is 0 Å². The summed E-state index contributed by atoms with van der Waals surface area (Å²) < 4.78 is 0. The minimum absolute atomic E-state index is 0.0118. The number of aromatic nitrogens is 1. The van der Waals surface area contributed by atoms with Gasteiger partial charge >= 0.3 is 0 Å². The minimum atomic E-state index is -0.514. The number of rotatable bonds is 5. The van der Waals surface area contributed by atoms with Gasteiger partial charge in [-0.2, -0.15) is 0 Å². The van der Waals surface area contributed by atoms with E-state index >= 15 is 0 Å². The Balaban J connectivity index is 2.42. The fraction of sp³-hybridized carbons (Fsp3) is 0.600. The Kier molecular flexibility index (Phi) is 4.23. The third-order valence-electron chi connectivity index (χ3n) is 2.09. The second-order valence-electron chi connectivity index (χ2n) is 3.81. The average molecular weight is 227 g/mol. The molecule has 0 aromatic carbocycles. The van der Waals surface area contributed by atoms with Gasteiger partial charge in [0.1, 0.15) is 0 Å². The summed E-state index contributed by atoms with van der Waals surface area (Å²) in [7, 11) is 0. The molecule has 1 aromatic heterocycles. The summed E-state index contributed by atoms with van der Waals surface area (Å²) in [5.41, 5.74) is 1.25. The number of thiazole rings is 1. The van der Waals surface area contributed by atoms with Gasteiger partial charge in [0.15, 0.2) is 0 Å². The summed E-state index contributed by atoms with van der Waals surface area (Å²) in [6.45, 7) is 7.06. The van der Waals surface area contributed by atoms with Crippen molar-refractivity contribution in [3.05, 3.63) is 16.6 Å². The molecular formula is C10H17N3OS. The quantitative estimate of drug-likeness (QED) is 0.793. The number of nitrogens with zero attached hydrogens (tertiary/aromatic N) is 1. The molecule has 0 atom stereocenters. The van der Waals surface area contributed by atoms with Gasteiger partial charge in [-0.05, 0) is 20.4 Å². The van der Waals surface area contributed by atoms with E-state index < -0.39 is 5.54 Å². The molecule has 84 valence electrons. The zero-order valence-electron chi connectivity index (χ0n) is 9.33. The zero-order valence-corrected chi connectivity index (χ0v) is 10.1. The van der Waals surface area contributed by atoms with Gasteiger partial charge in [0.25, 0.3) is 0 Å². The van der Waals surface area contributed by atoms with Crippen LogP contribution in [0.15, 0.2) is 11.7 Å². The predicted molar refractivity (Wildman–Crippen MR) is 61.7 cm³/mol. The summed E-state index contributed by atoms with van der Waals surface area (Å²) in [4.78, 5) is 16.8. The van der Waals surface area contributed by atoms with Crippen molar-refractivity contribution in [2.45, 2.75) is 32.9 Å². The fourth-order valence-electron chi connectivity index (χ4n) is 1.24. The lowest BCUT2D eigenvalue weighted by Gasteiger charge is -2.24. The molecule has 5 heteroatoms. The van der Waals surface area contributed by atoms with Crippen LogP contribution >= 0.6 is 11.3 Å². The first kappa shape index (κ1) is 12.1. The van der Waals surface area contributed by atoms with Gasteiger partial charge in [-0.1, -0.05) is 6.92 Å². The van der Waals surface area contributed by atoms with E-state index in [0.29, 0.717) is 6.54 Å². The van der Waals surface area contributed by atoms with Gasteiger partial charge < -0.3 is 10.6 Å². The normalized spacial score (nSPS) is 11.4. The smallest absolute Gasteiger partial charge is 0.240 e. The summed E-state index contributed by atoms with van der Waals surface area (Å²) in [5.74, 6) is 0.0118. The van der Waals surface area contributed by atoms with Crippen molar-refractivity contribution < 1.29 is 4.79 Å². The van der Waals surface area contributed by atoms with Crippen molar-refractivity contribution >= 4 is 17.2 Å². The van der Waals surface area contributed by atoms with Gasteiger partial charge in [-0.15, -0.1) is 11.3 Å². The third kappa shape index (κ3) is 3.60. The van der Waals surface area contributed by atoms with Gasteiger partial charge in [0, 0.05) is 11.1 Å². The minimum Gasteiger partial charge on any atom is -0.350 e. The van der Waals surface area contributed by atoms with Crippen LogP contribution in [0.2, 0.25) is 0 Å². The number of carbonyl (C=O) groups is 1. The van der Waals surface area contributed by atoms with Crippen LogP contribution in [0, 0.1) is 0 Å². The van der Waals surface area contributed by atoms with Crippen LogP contribution in [0.4, 0.5) is 0 Å². The molecular weight excluding hydrogens is 210 g/mol. The van der Waals surface area contributed by atoms with Crippen LogP contribution in [-0.4, -0.2) is 23.0 Å². The Morgan fingerprint density at radius 3 is 2.87 bits per heavy atom. The maximum atomic E-state index is 11.8. The van der Waals surface area contributed by atoms with Crippen LogP contribution in [0.5, 0.6) is 0 Å². The van der Waals surface area contributed by atoms with E-state index in [2.05, 4.69) is 15.6 Å². The zero-order chi connectivity index (χ0) is 11.3. The average Bonchev–Trinajstić information content (AvgIpc) is 2.66. The van der Waals surface area contributed by atoms with E-state index in [9.17, 15) is 4.79 Å². The monoisotopic (exact) mass is 227 g/mol.